The summed E-state index contributed by atoms with van der Waals surface area (Å²) < 4.78 is 26.3. The summed E-state index contributed by atoms with van der Waals surface area (Å²) >= 11 is 6.17. The summed E-state index contributed by atoms with van der Waals surface area (Å²) in [7, 11) is -1.80. The molecular formula is C22H23ClN6O4S. The van der Waals surface area contributed by atoms with Crippen molar-refractivity contribution in [1.82, 2.24) is 24.9 Å². The van der Waals surface area contributed by atoms with Crippen molar-refractivity contribution in [3.63, 3.8) is 0 Å². The minimum absolute atomic E-state index is 0.100. The number of halogens is 1. The van der Waals surface area contributed by atoms with Gasteiger partial charge >= 0.3 is 0 Å². The molecule has 1 spiro atoms. The Bertz CT molecular complexity index is 1460. The highest BCUT2D eigenvalue weighted by Gasteiger charge is 2.46. The maximum absolute atomic E-state index is 13.4. The number of anilines is 1. The van der Waals surface area contributed by atoms with Crippen LogP contribution in [0.3, 0.4) is 0 Å². The second-order valence-corrected chi connectivity index (χ2v) is 11.6. The minimum Gasteiger partial charge on any atom is -0.342 e. The molecule has 2 N–H and O–H groups in total. The number of aryl methyl sites for hydroxylation is 3. The van der Waals surface area contributed by atoms with Crippen LogP contribution in [0.1, 0.15) is 39.3 Å². The number of sulfone groups is 1. The van der Waals surface area contributed by atoms with Crippen molar-refractivity contribution in [2.75, 3.05) is 17.3 Å². The third-order valence-corrected chi connectivity index (χ3v) is 7.40. The summed E-state index contributed by atoms with van der Waals surface area (Å²) in [5.41, 5.74) is 3.01. The molecule has 1 atom stereocenters. The van der Waals surface area contributed by atoms with Crippen LogP contribution in [0.4, 0.5) is 5.82 Å². The van der Waals surface area contributed by atoms with E-state index in [1.165, 1.54) is 4.68 Å². The Morgan fingerprint density at radius 1 is 1.29 bits per heavy atom. The number of carbonyl (C=O) groups is 2. The first-order valence-corrected chi connectivity index (χ1v) is 13.1. The van der Waals surface area contributed by atoms with Gasteiger partial charge in [0.05, 0.1) is 11.2 Å². The number of amides is 2. The van der Waals surface area contributed by atoms with E-state index in [-0.39, 0.29) is 11.4 Å². The fourth-order valence-corrected chi connectivity index (χ4v) is 5.54. The molecule has 0 saturated carbocycles. The molecule has 2 aromatic heterocycles. The lowest BCUT2D eigenvalue weighted by molar-refractivity contribution is -0.113. The molecule has 1 aromatic carbocycles. The van der Waals surface area contributed by atoms with Crippen LogP contribution >= 0.6 is 11.6 Å². The molecule has 178 valence electrons. The number of nitrogens with zero attached hydrogens (tertiary/aromatic N) is 4. The summed E-state index contributed by atoms with van der Waals surface area (Å²) in [6.07, 6.45) is 2.85. The van der Waals surface area contributed by atoms with E-state index in [0.29, 0.717) is 29.4 Å². The number of aromatic nitrogens is 4. The van der Waals surface area contributed by atoms with E-state index in [0.717, 1.165) is 29.5 Å². The van der Waals surface area contributed by atoms with Crippen LogP contribution in [0.15, 0.2) is 24.3 Å². The number of hydrogen-bond acceptors (Lipinski definition) is 6. The molecule has 2 amide bonds. The van der Waals surface area contributed by atoms with Crippen LogP contribution in [0.2, 0.25) is 5.02 Å². The molecule has 1 aliphatic heterocycles. The first kappa shape index (κ1) is 22.6. The van der Waals surface area contributed by atoms with Crippen molar-refractivity contribution in [3.8, 4) is 5.82 Å². The van der Waals surface area contributed by atoms with Gasteiger partial charge in [0, 0.05) is 36.5 Å². The number of fused-ring (bicyclic) bond motifs is 3. The fraction of sp³-hybridized carbons (Fsp3) is 0.364. The van der Waals surface area contributed by atoms with Crippen LogP contribution in [-0.4, -0.2) is 51.8 Å². The summed E-state index contributed by atoms with van der Waals surface area (Å²) in [6, 6.07) is 7.43. The number of nitrogens with one attached hydrogen (secondary N) is 2. The van der Waals surface area contributed by atoms with Crippen LogP contribution in [0.25, 0.3) is 5.82 Å². The molecule has 0 radical (unpaired) electrons. The standard InChI is InChI=1S/C22H23ClN6O4S/c1-12-8-17(27-28(12)2)29-20(24-18(30)11-34(3,32)33)19-16(26-29)10-22(25-21(19)31)7-6-13-9-14(23)4-5-15(13)22/h4-5,8-9H,6-7,10-11H2,1-3H3,(H,24,30)(H,25,31)/t22-/m0/s1. The van der Waals surface area contributed by atoms with Gasteiger partial charge in [0.1, 0.15) is 11.3 Å². The van der Waals surface area contributed by atoms with Crippen molar-refractivity contribution in [3.05, 3.63) is 57.4 Å². The molecule has 0 saturated heterocycles. The Morgan fingerprint density at radius 3 is 2.74 bits per heavy atom. The Kier molecular flexibility index (Phi) is 5.10. The molecule has 12 heteroatoms. The smallest absolute Gasteiger partial charge is 0.257 e. The quantitative estimate of drug-likeness (QED) is 0.558. The monoisotopic (exact) mass is 502 g/mol. The Balaban J connectivity index is 1.62. The highest BCUT2D eigenvalue weighted by atomic mass is 35.5. The molecule has 3 heterocycles. The maximum atomic E-state index is 13.4. The summed E-state index contributed by atoms with van der Waals surface area (Å²) in [6.45, 7) is 1.87. The lowest BCUT2D eigenvalue weighted by atomic mass is 9.83. The SMILES string of the molecule is Cc1cc(-n2nc3c(c2NC(=O)CS(C)(=O)=O)C(=O)N[C@@]2(CCc4cc(Cl)ccc42)C3)nn1C. The molecule has 0 unspecified atom stereocenters. The van der Waals surface area contributed by atoms with E-state index in [2.05, 4.69) is 20.8 Å². The van der Waals surface area contributed by atoms with Gasteiger partial charge in [-0.3, -0.25) is 14.3 Å². The number of hydrogen-bond donors (Lipinski definition) is 2. The average molecular weight is 503 g/mol. The van der Waals surface area contributed by atoms with Crippen molar-refractivity contribution >= 4 is 39.1 Å². The molecule has 0 bridgehead atoms. The van der Waals surface area contributed by atoms with E-state index >= 15 is 0 Å². The Hall–Kier alpha value is -3.18. The molecule has 10 nitrogen and oxygen atoms in total. The van der Waals surface area contributed by atoms with Crippen LogP contribution < -0.4 is 10.6 Å². The number of benzene rings is 1. The second kappa shape index (κ2) is 7.67. The van der Waals surface area contributed by atoms with Gasteiger partial charge in [-0.15, -0.1) is 0 Å². The Labute approximate surface area is 201 Å². The largest absolute Gasteiger partial charge is 0.342 e. The maximum Gasteiger partial charge on any atom is 0.257 e. The van der Waals surface area contributed by atoms with Crippen molar-refractivity contribution < 1.29 is 18.0 Å². The molecule has 0 fully saturated rings. The van der Waals surface area contributed by atoms with Gasteiger partial charge in [-0.05, 0) is 43.0 Å². The minimum atomic E-state index is -3.57. The third kappa shape index (κ3) is 3.78. The van der Waals surface area contributed by atoms with Crippen molar-refractivity contribution in [2.24, 2.45) is 7.05 Å². The van der Waals surface area contributed by atoms with Gasteiger partial charge in [0.25, 0.3) is 5.91 Å². The van der Waals surface area contributed by atoms with Gasteiger partial charge < -0.3 is 10.6 Å². The number of carbonyl (C=O) groups excluding carboxylic acids is 2. The molecule has 1 aliphatic carbocycles. The number of rotatable bonds is 4. The first-order chi connectivity index (χ1) is 16.0. The zero-order valence-corrected chi connectivity index (χ0v) is 20.4. The Morgan fingerprint density at radius 2 is 2.06 bits per heavy atom. The fourth-order valence-electron chi connectivity index (χ4n) is 4.80. The van der Waals surface area contributed by atoms with E-state index < -0.39 is 32.9 Å². The van der Waals surface area contributed by atoms with Crippen molar-refractivity contribution in [2.45, 2.75) is 31.7 Å². The molecule has 3 aromatic rings. The molecular weight excluding hydrogens is 480 g/mol. The van der Waals surface area contributed by atoms with Crippen LogP contribution in [-0.2, 0) is 40.1 Å². The van der Waals surface area contributed by atoms with Crippen molar-refractivity contribution in [1.29, 1.82) is 0 Å². The van der Waals surface area contributed by atoms with Crippen LogP contribution in [0, 0.1) is 6.92 Å². The zero-order valence-electron chi connectivity index (χ0n) is 18.8. The lowest BCUT2D eigenvalue weighted by Gasteiger charge is -2.35. The predicted molar refractivity (Wildman–Crippen MR) is 126 cm³/mol. The topological polar surface area (TPSA) is 128 Å². The van der Waals surface area contributed by atoms with Gasteiger partial charge in [-0.1, -0.05) is 17.7 Å². The predicted octanol–water partition coefficient (Wildman–Crippen LogP) is 1.68. The molecule has 5 rings (SSSR count). The normalized spacial score (nSPS) is 19.1. The van der Waals surface area contributed by atoms with E-state index in [4.69, 9.17) is 11.6 Å². The molecule has 34 heavy (non-hydrogen) atoms. The molecule has 2 aliphatic rings. The highest BCUT2D eigenvalue weighted by Crippen LogP contribution is 2.44. The van der Waals surface area contributed by atoms with Crippen LogP contribution in [0.5, 0.6) is 0 Å². The van der Waals surface area contributed by atoms with E-state index in [1.807, 2.05) is 19.1 Å². The zero-order chi connectivity index (χ0) is 24.4. The van der Waals surface area contributed by atoms with Gasteiger partial charge in [-0.2, -0.15) is 14.9 Å². The second-order valence-electron chi connectivity index (χ2n) is 8.98. The lowest BCUT2D eigenvalue weighted by Crippen LogP contribution is -2.49. The summed E-state index contributed by atoms with van der Waals surface area (Å²) in [5, 5.41) is 15.5. The van der Waals surface area contributed by atoms with Gasteiger partial charge in [-0.25, -0.2) is 8.42 Å². The first-order valence-electron chi connectivity index (χ1n) is 10.7. The van der Waals surface area contributed by atoms with E-state index in [1.54, 1.807) is 23.9 Å². The third-order valence-electron chi connectivity index (χ3n) is 6.38. The summed E-state index contributed by atoms with van der Waals surface area (Å²) in [4.78, 5) is 26.0. The van der Waals surface area contributed by atoms with Gasteiger partial charge in [0.2, 0.25) is 5.91 Å². The average Bonchev–Trinajstić information content (AvgIpc) is 3.35. The summed E-state index contributed by atoms with van der Waals surface area (Å²) in [5.74, 6) is -1.35. The highest BCUT2D eigenvalue weighted by molar-refractivity contribution is 7.91. The van der Waals surface area contributed by atoms with Gasteiger partial charge in [0.15, 0.2) is 21.5 Å². The van der Waals surface area contributed by atoms with E-state index in [9.17, 15) is 18.0 Å².